The maximum absolute atomic E-state index is 12.5. The zero-order chi connectivity index (χ0) is 48.3. The second-order valence-electron chi connectivity index (χ2n) is 15.9. The number of aromatic nitrogens is 4. The number of nitrogens with one attached hydrogen (secondary N) is 4. The van der Waals surface area contributed by atoms with Gasteiger partial charge in [-0.15, -0.1) is 10.2 Å². The number of thioether (sulfide) groups is 1. The number of hydrogen-bond donors (Lipinski definition) is 5. The number of aldehydes is 1. The van der Waals surface area contributed by atoms with Gasteiger partial charge in [0.1, 0.15) is 32.4 Å². The van der Waals surface area contributed by atoms with Crippen molar-refractivity contribution in [3.8, 4) is 0 Å². The van der Waals surface area contributed by atoms with Gasteiger partial charge < -0.3 is 39.5 Å². The quantitative estimate of drug-likeness (QED) is 0.0346. The number of H-pyrrole nitrogens is 1. The third-order valence-electron chi connectivity index (χ3n) is 10.2. The lowest BCUT2D eigenvalue weighted by molar-refractivity contribution is -0.144. The molecule has 372 valence electrons. The Morgan fingerprint density at radius 3 is 1.89 bits per heavy atom. The highest BCUT2D eigenvalue weighted by Gasteiger charge is 2.22. The first-order chi connectivity index (χ1) is 32.0. The molecular formula is C44H78N7O12PS. The Kier molecular flexibility index (Phi) is 38.6. The molecule has 65 heavy (non-hydrogen) atoms. The van der Waals surface area contributed by atoms with Gasteiger partial charge in [-0.25, -0.2) is 0 Å². The van der Waals surface area contributed by atoms with Crippen LogP contribution in [-0.4, -0.2) is 151 Å². The number of carboxylic acids is 1. The number of tetrazole rings is 1. The Morgan fingerprint density at radius 2 is 1.26 bits per heavy atom. The number of Topliss-reactive ketones (excluding diaryl/α,β-unsaturated/α-hetero) is 3. The van der Waals surface area contributed by atoms with Gasteiger partial charge in [-0.2, -0.15) is 17.0 Å². The van der Waals surface area contributed by atoms with E-state index >= 15 is 0 Å². The van der Waals surface area contributed by atoms with Crippen molar-refractivity contribution < 1.29 is 59.0 Å². The zero-order valence-electron chi connectivity index (χ0n) is 39.5. The van der Waals surface area contributed by atoms with Crippen LogP contribution in [0.3, 0.4) is 0 Å². The fraction of sp³-hybridized carbons (Fsp3) is 0.818. The van der Waals surface area contributed by atoms with Gasteiger partial charge in [0.15, 0.2) is 11.6 Å². The van der Waals surface area contributed by atoms with Crippen molar-refractivity contribution in [1.82, 2.24) is 36.3 Å². The molecule has 1 heterocycles. The molecule has 3 atom stereocenters. The van der Waals surface area contributed by atoms with E-state index in [0.29, 0.717) is 44.6 Å². The lowest BCUT2D eigenvalue weighted by Crippen LogP contribution is -2.29. The lowest BCUT2D eigenvalue weighted by Gasteiger charge is -2.12. The molecule has 1 aromatic heterocycles. The van der Waals surface area contributed by atoms with E-state index in [0.717, 1.165) is 44.3 Å². The Labute approximate surface area is 393 Å². The Balaban J connectivity index is 1.89. The summed E-state index contributed by atoms with van der Waals surface area (Å²) in [6.45, 7) is 1.86. The van der Waals surface area contributed by atoms with Crippen molar-refractivity contribution in [2.75, 3.05) is 77.5 Å². The minimum atomic E-state index is -1.07. The summed E-state index contributed by atoms with van der Waals surface area (Å²) in [5, 5.41) is 31.6. The highest BCUT2D eigenvalue weighted by Crippen LogP contribution is 2.17. The molecule has 5 N–H and O–H groups in total. The first-order valence-corrected chi connectivity index (χ1v) is 25.1. The second-order valence-corrected chi connectivity index (χ2v) is 17.3. The number of aryl methyl sites for hydroxylation is 1. The van der Waals surface area contributed by atoms with Gasteiger partial charge in [0.25, 0.3) is 0 Å². The SMILES string of the molecule is [3H]C(=O)[C@H](CSCC(=O)CCCNC(=O)COCCOCCCC(=O)COCCOCCNC(=O)CC[C@H](CC(=O)CCCCCCCCCCCCCCCc1nn[nH]n1)C(=O)O)NP. The summed E-state index contributed by atoms with van der Waals surface area (Å²) in [6.07, 6.45) is 17.1. The first kappa shape index (κ1) is 57.9. The van der Waals surface area contributed by atoms with Crippen molar-refractivity contribution in [1.29, 1.82) is 0 Å². The number of carbonyl (C=O) groups is 7. The van der Waals surface area contributed by atoms with Crippen LogP contribution in [-0.2, 0) is 58.9 Å². The smallest absolute Gasteiger partial charge is 0.306 e. The van der Waals surface area contributed by atoms with Crippen molar-refractivity contribution >= 4 is 62.5 Å². The zero-order valence-corrected chi connectivity index (χ0v) is 40.4. The number of ether oxygens (including phenoxy) is 4. The lowest BCUT2D eigenvalue weighted by atomic mass is 9.94. The second kappa shape index (κ2) is 43.3. The van der Waals surface area contributed by atoms with Crippen LogP contribution in [0.2, 0.25) is 0 Å². The van der Waals surface area contributed by atoms with E-state index in [-0.39, 0.29) is 113 Å². The third kappa shape index (κ3) is 38.5. The first-order valence-electron chi connectivity index (χ1n) is 23.9. The topological polar surface area (TPSA) is 267 Å². The normalized spacial score (nSPS) is 12.4. The van der Waals surface area contributed by atoms with E-state index in [9.17, 15) is 38.7 Å². The van der Waals surface area contributed by atoms with Gasteiger partial charge >= 0.3 is 5.97 Å². The Hall–Kier alpha value is -3.26. The number of rotatable bonds is 49. The van der Waals surface area contributed by atoms with Crippen molar-refractivity contribution in [2.24, 2.45) is 5.92 Å². The van der Waals surface area contributed by atoms with Gasteiger partial charge in [-0.05, 0) is 32.1 Å². The Morgan fingerprint density at radius 1 is 0.677 bits per heavy atom. The van der Waals surface area contributed by atoms with E-state index in [2.05, 4.69) is 45.7 Å². The van der Waals surface area contributed by atoms with E-state index < -0.39 is 24.2 Å². The van der Waals surface area contributed by atoms with E-state index in [1.807, 2.05) is 0 Å². The molecule has 1 aromatic rings. The number of aromatic amines is 1. The number of nitrogens with zero attached hydrogens (tertiary/aromatic N) is 3. The summed E-state index contributed by atoms with van der Waals surface area (Å²) in [7, 11) is 2.19. The van der Waals surface area contributed by atoms with Crippen LogP contribution < -0.4 is 15.7 Å². The molecule has 21 heteroatoms. The van der Waals surface area contributed by atoms with E-state index in [1.165, 1.54) is 63.1 Å². The summed E-state index contributed by atoms with van der Waals surface area (Å²) >= 11 is 1.28. The van der Waals surface area contributed by atoms with Gasteiger partial charge in [-0.3, -0.25) is 33.9 Å². The van der Waals surface area contributed by atoms with Crippen LogP contribution in [0.25, 0.3) is 0 Å². The van der Waals surface area contributed by atoms with Crippen LogP contribution in [0.15, 0.2) is 0 Å². The minimum absolute atomic E-state index is 0.00324. The molecular weight excluding hydrogens is 882 g/mol. The summed E-state index contributed by atoms with van der Waals surface area (Å²) in [4.78, 5) is 83.4. The van der Waals surface area contributed by atoms with Gasteiger partial charge in [-0.1, -0.05) is 85.2 Å². The van der Waals surface area contributed by atoms with Crippen molar-refractivity contribution in [2.45, 2.75) is 147 Å². The molecule has 0 fully saturated rings. The largest absolute Gasteiger partial charge is 0.481 e. The number of carboxylic acid groups (broad SMARTS) is 1. The minimum Gasteiger partial charge on any atom is -0.481 e. The summed E-state index contributed by atoms with van der Waals surface area (Å²) < 4.78 is 28.6. The number of amides is 2. The average Bonchev–Trinajstić information content (AvgIpc) is 3.82. The Bertz CT molecular complexity index is 1470. The van der Waals surface area contributed by atoms with Crippen molar-refractivity contribution in [3.05, 3.63) is 5.82 Å². The molecule has 0 aromatic carbocycles. The van der Waals surface area contributed by atoms with Crippen molar-refractivity contribution in [3.63, 3.8) is 0 Å². The van der Waals surface area contributed by atoms with Gasteiger partial charge in [0, 0.05) is 64.0 Å². The van der Waals surface area contributed by atoms with Gasteiger partial charge in [0.2, 0.25) is 11.8 Å². The van der Waals surface area contributed by atoms with Crippen LogP contribution in [0.1, 0.15) is 142 Å². The average molecular weight is 962 g/mol. The number of unbranched alkanes of at least 4 members (excludes halogenated alkanes) is 12. The van der Waals surface area contributed by atoms with Crippen LogP contribution in [0.5, 0.6) is 0 Å². The molecule has 1 rings (SSSR count). The molecule has 19 nitrogen and oxygen atoms in total. The molecule has 1 unspecified atom stereocenters. The van der Waals surface area contributed by atoms with E-state index in [4.69, 9.17) is 20.3 Å². The molecule has 0 bridgehead atoms. The molecule has 0 spiro atoms. The van der Waals surface area contributed by atoms with Crippen LogP contribution >= 0.6 is 21.2 Å². The molecule has 0 aliphatic rings. The molecule has 0 saturated heterocycles. The number of aliphatic carboxylic acids is 1. The molecule has 0 aliphatic heterocycles. The number of hydrogen-bond acceptors (Lipinski definition) is 16. The predicted molar refractivity (Wildman–Crippen MR) is 250 cm³/mol. The molecule has 0 aliphatic carbocycles. The van der Waals surface area contributed by atoms with Crippen LogP contribution in [0, 0.1) is 5.92 Å². The van der Waals surface area contributed by atoms with Crippen LogP contribution in [0.4, 0.5) is 0 Å². The standard InChI is InChI=1S/C44H78N7O12PS/c52-31-37(49-64)34-65-35-40(55)17-14-22-45-43(57)33-63-29-26-60-24-15-18-39(54)32-62-28-27-61-25-23-46-42(56)21-20-36(44(58)59)30-38(53)16-12-10-8-6-4-2-1-3-5-7-9-11-13-19-41-47-50-51-48-41/h31,36-37,49H,1-30,32-35,64H2,(H,45,57)(H,46,56)(H,58,59)(H,47,48,50,51)/t36-,37-/m1/s1/i31T. The molecule has 0 radical (unpaired) electrons. The maximum Gasteiger partial charge on any atom is 0.306 e. The van der Waals surface area contributed by atoms with E-state index in [1.54, 1.807) is 0 Å². The number of carbonyl (C=O) groups excluding carboxylic acids is 6. The third-order valence-corrected chi connectivity index (χ3v) is 11.7. The molecule has 2 amide bonds. The maximum atomic E-state index is 12.5. The molecule has 0 saturated carbocycles. The summed E-state index contributed by atoms with van der Waals surface area (Å²) in [5.41, 5.74) is 0. The summed E-state index contributed by atoms with van der Waals surface area (Å²) in [5.74, 6) is -1.35. The highest BCUT2D eigenvalue weighted by atomic mass is 32.2. The monoisotopic (exact) mass is 962 g/mol. The predicted octanol–water partition coefficient (Wildman–Crippen LogP) is 4.32. The van der Waals surface area contributed by atoms with Gasteiger partial charge in [0.05, 0.1) is 50.7 Å². The fourth-order valence-electron chi connectivity index (χ4n) is 6.46. The number of ketones is 3. The summed E-state index contributed by atoms with van der Waals surface area (Å²) in [6, 6.07) is -0.627. The highest BCUT2D eigenvalue weighted by molar-refractivity contribution is 8.00. The fourth-order valence-corrected chi connectivity index (χ4v) is 7.71.